The number of aromatic nitrogens is 4. The van der Waals surface area contributed by atoms with E-state index < -0.39 is 0 Å². The number of anilines is 3. The Kier molecular flexibility index (Phi) is 7.87. The highest BCUT2D eigenvalue weighted by atomic mass is 16.5. The van der Waals surface area contributed by atoms with Crippen molar-refractivity contribution in [1.82, 2.24) is 25.3 Å². The van der Waals surface area contributed by atoms with Gasteiger partial charge in [-0.2, -0.15) is 4.98 Å². The molecular weight excluding hydrogens is 476 g/mol. The van der Waals surface area contributed by atoms with E-state index in [1.807, 2.05) is 12.2 Å². The van der Waals surface area contributed by atoms with Crippen LogP contribution < -0.4 is 20.9 Å². The largest absolute Gasteiger partial charge is 0.394 e. The summed E-state index contributed by atoms with van der Waals surface area (Å²) in [5, 5.41) is 11.6. The third-order valence-electron chi connectivity index (χ3n) is 6.56. The number of morpholine rings is 1. The first-order chi connectivity index (χ1) is 18.1. The Hall–Kier alpha value is -3.61. The number of nitrogens with zero attached hydrogens (tertiary/aromatic N) is 6. The number of allylic oxidation sites excluding steroid dienone is 2. The number of carbonyl (C=O) groups excluding carboxylic acids is 1. The average molecular weight is 509 g/mol. The first kappa shape index (κ1) is 25.1. The molecule has 5 rings (SSSR count). The molecule has 0 saturated carbocycles. The number of ether oxygens (including phenoxy) is 2. The van der Waals surface area contributed by atoms with Gasteiger partial charge in [0.05, 0.1) is 44.6 Å². The van der Waals surface area contributed by atoms with Crippen LogP contribution in [0.3, 0.4) is 0 Å². The van der Waals surface area contributed by atoms with E-state index in [0.717, 1.165) is 54.4 Å². The maximum atomic E-state index is 12.5. The number of amides is 1. The molecule has 0 aromatic carbocycles. The standard InChI is InChI=1S/C25H32N8O4/c26-24-28-15-18(16-29-24)21-20-5-7-33(22(20)31-25(30-21)32-8-12-37-13-9-32)19-3-1-17(2-4-19)23(35)27-6-11-36-14-10-34/h1,3-4,15-17,34H,2,5-14H2,(H,27,35)(H2,26,28,29). The van der Waals surface area contributed by atoms with E-state index in [-0.39, 0.29) is 31.0 Å². The molecule has 12 heteroatoms. The molecule has 12 nitrogen and oxygen atoms in total. The number of rotatable bonds is 9. The number of nitrogens with one attached hydrogen (secondary N) is 1. The molecule has 4 N–H and O–H groups in total. The van der Waals surface area contributed by atoms with Gasteiger partial charge < -0.3 is 35.4 Å². The Morgan fingerprint density at radius 3 is 2.73 bits per heavy atom. The van der Waals surface area contributed by atoms with Gasteiger partial charge in [-0.1, -0.05) is 12.2 Å². The lowest BCUT2D eigenvalue weighted by atomic mass is 9.98. The molecule has 37 heavy (non-hydrogen) atoms. The molecule has 3 aliphatic rings. The van der Waals surface area contributed by atoms with Crippen molar-refractivity contribution in [2.75, 3.05) is 74.7 Å². The molecule has 1 aliphatic carbocycles. The Balaban J connectivity index is 1.35. The van der Waals surface area contributed by atoms with E-state index in [9.17, 15) is 4.79 Å². The second kappa shape index (κ2) is 11.6. The topological polar surface area (TPSA) is 152 Å². The number of aliphatic hydroxyl groups is 1. The number of nitrogens with two attached hydrogens (primary N) is 1. The van der Waals surface area contributed by atoms with Crippen molar-refractivity contribution in [1.29, 1.82) is 0 Å². The zero-order chi connectivity index (χ0) is 25.6. The minimum atomic E-state index is -0.236. The second-order valence-corrected chi connectivity index (χ2v) is 8.96. The Morgan fingerprint density at radius 2 is 2.00 bits per heavy atom. The van der Waals surface area contributed by atoms with Crippen LogP contribution in [0.2, 0.25) is 0 Å². The fourth-order valence-corrected chi connectivity index (χ4v) is 4.65. The van der Waals surface area contributed by atoms with Crippen molar-refractivity contribution in [3.05, 3.63) is 41.9 Å². The molecule has 1 saturated heterocycles. The number of fused-ring (bicyclic) bond motifs is 1. The fourth-order valence-electron chi connectivity index (χ4n) is 4.65. The molecule has 1 fully saturated rings. The summed E-state index contributed by atoms with van der Waals surface area (Å²) in [6.07, 6.45) is 10.8. The molecule has 1 amide bonds. The van der Waals surface area contributed by atoms with Gasteiger partial charge in [-0.25, -0.2) is 15.0 Å². The summed E-state index contributed by atoms with van der Waals surface area (Å²) < 4.78 is 10.7. The Bertz CT molecular complexity index is 1160. The molecular formula is C25H32N8O4. The second-order valence-electron chi connectivity index (χ2n) is 8.96. The molecule has 2 aromatic heterocycles. The summed E-state index contributed by atoms with van der Waals surface area (Å²) >= 11 is 0. The number of hydrogen-bond donors (Lipinski definition) is 3. The number of hydrogen-bond acceptors (Lipinski definition) is 11. The molecule has 0 radical (unpaired) electrons. The van der Waals surface area contributed by atoms with Crippen molar-refractivity contribution >= 4 is 23.6 Å². The molecule has 196 valence electrons. The maximum absolute atomic E-state index is 12.5. The molecule has 1 atom stereocenters. The highest BCUT2D eigenvalue weighted by molar-refractivity contribution is 5.81. The normalized spacial score (nSPS) is 19.1. The van der Waals surface area contributed by atoms with Gasteiger partial charge in [0.1, 0.15) is 5.82 Å². The lowest BCUT2D eigenvalue weighted by Crippen LogP contribution is -2.37. The zero-order valence-corrected chi connectivity index (χ0v) is 20.7. The SMILES string of the molecule is Nc1ncc(-c2nc(N3CCOCC3)nc3c2CCN3C2=CCC(C(=O)NCCOCCO)C=C2)cn1. The molecule has 2 aliphatic heterocycles. The van der Waals surface area contributed by atoms with E-state index >= 15 is 0 Å². The monoisotopic (exact) mass is 508 g/mol. The summed E-state index contributed by atoms with van der Waals surface area (Å²) in [5.74, 6) is 1.47. The predicted molar refractivity (Wildman–Crippen MR) is 138 cm³/mol. The fraction of sp³-hybridized carbons (Fsp3) is 0.480. The van der Waals surface area contributed by atoms with Crippen LogP contribution >= 0.6 is 0 Å². The third kappa shape index (κ3) is 5.71. The minimum absolute atomic E-state index is 0.0272. The molecule has 0 bridgehead atoms. The van der Waals surface area contributed by atoms with Gasteiger partial charge in [0.25, 0.3) is 0 Å². The molecule has 2 aromatic rings. The summed E-state index contributed by atoms with van der Waals surface area (Å²) in [4.78, 5) is 35.1. The lowest BCUT2D eigenvalue weighted by molar-refractivity contribution is -0.123. The van der Waals surface area contributed by atoms with Crippen LogP contribution in [-0.2, 0) is 20.7 Å². The van der Waals surface area contributed by atoms with E-state index in [2.05, 4.69) is 31.2 Å². The Morgan fingerprint density at radius 1 is 1.19 bits per heavy atom. The van der Waals surface area contributed by atoms with Crippen molar-refractivity contribution < 1.29 is 19.4 Å². The first-order valence-corrected chi connectivity index (χ1v) is 12.6. The molecule has 4 heterocycles. The van der Waals surface area contributed by atoms with E-state index in [1.54, 1.807) is 12.4 Å². The zero-order valence-electron chi connectivity index (χ0n) is 20.7. The average Bonchev–Trinajstić information content (AvgIpc) is 3.37. The predicted octanol–water partition coefficient (Wildman–Crippen LogP) is 0.300. The van der Waals surface area contributed by atoms with E-state index in [0.29, 0.717) is 38.7 Å². The summed E-state index contributed by atoms with van der Waals surface area (Å²) in [6.45, 7) is 4.51. The van der Waals surface area contributed by atoms with Crippen molar-refractivity contribution in [3.8, 4) is 11.3 Å². The van der Waals surface area contributed by atoms with E-state index in [4.69, 9.17) is 30.3 Å². The van der Waals surface area contributed by atoms with Crippen molar-refractivity contribution in [3.63, 3.8) is 0 Å². The van der Waals surface area contributed by atoms with Crippen molar-refractivity contribution in [2.45, 2.75) is 12.8 Å². The van der Waals surface area contributed by atoms with Crippen molar-refractivity contribution in [2.24, 2.45) is 5.92 Å². The number of carbonyl (C=O) groups is 1. The highest BCUT2D eigenvalue weighted by Gasteiger charge is 2.31. The van der Waals surface area contributed by atoms with Gasteiger partial charge >= 0.3 is 0 Å². The summed E-state index contributed by atoms with van der Waals surface area (Å²) in [5.41, 5.74) is 9.39. The van der Waals surface area contributed by atoms with Gasteiger partial charge in [-0.3, -0.25) is 4.79 Å². The highest BCUT2D eigenvalue weighted by Crippen LogP contribution is 2.38. The van der Waals surface area contributed by atoms with E-state index in [1.165, 1.54) is 0 Å². The van der Waals surface area contributed by atoms with Crippen LogP contribution in [0.25, 0.3) is 11.3 Å². The van der Waals surface area contributed by atoms with Crippen LogP contribution in [0, 0.1) is 5.92 Å². The smallest absolute Gasteiger partial charge is 0.228 e. The Labute approximate surface area is 215 Å². The van der Waals surface area contributed by atoms with Gasteiger partial charge in [-0.15, -0.1) is 0 Å². The summed E-state index contributed by atoms with van der Waals surface area (Å²) in [6, 6.07) is 0. The van der Waals surface area contributed by atoms with Crippen LogP contribution in [0.5, 0.6) is 0 Å². The maximum Gasteiger partial charge on any atom is 0.228 e. The molecule has 1 unspecified atom stereocenters. The van der Waals surface area contributed by atoms with Gasteiger partial charge in [0, 0.05) is 55.4 Å². The number of nitrogen functional groups attached to an aromatic ring is 1. The minimum Gasteiger partial charge on any atom is -0.394 e. The van der Waals surface area contributed by atoms with Crippen LogP contribution in [0.4, 0.5) is 17.7 Å². The van der Waals surface area contributed by atoms with Gasteiger partial charge in [-0.05, 0) is 18.9 Å². The number of aliphatic hydroxyl groups excluding tert-OH is 1. The van der Waals surface area contributed by atoms with Crippen LogP contribution in [0.15, 0.2) is 36.3 Å². The quantitative estimate of drug-likeness (QED) is 0.401. The lowest BCUT2D eigenvalue weighted by Gasteiger charge is -2.29. The summed E-state index contributed by atoms with van der Waals surface area (Å²) in [7, 11) is 0. The first-order valence-electron chi connectivity index (χ1n) is 12.6. The third-order valence-corrected chi connectivity index (χ3v) is 6.56. The van der Waals surface area contributed by atoms with Gasteiger partial charge in [0.2, 0.25) is 17.8 Å². The van der Waals surface area contributed by atoms with Crippen LogP contribution in [0.1, 0.15) is 12.0 Å². The molecule has 0 spiro atoms. The van der Waals surface area contributed by atoms with Gasteiger partial charge in [0.15, 0.2) is 0 Å². The van der Waals surface area contributed by atoms with Crippen LogP contribution in [-0.4, -0.2) is 90.2 Å².